The quantitative estimate of drug-likeness (QED) is 0.0175. The number of likely N-dealkylation sites (tertiary alicyclic amines) is 4. The Hall–Kier alpha value is -9.84. The number of β-amino-alcohol motifs (C(OH)–C–C–N with tert-alkyl or cyclic N) is 2. The molecule has 4 saturated carbocycles. The van der Waals surface area contributed by atoms with Crippen LogP contribution >= 0.6 is 23.2 Å². The van der Waals surface area contributed by atoms with Crippen molar-refractivity contribution in [1.29, 1.82) is 0 Å². The maximum Gasteiger partial charge on any atom is 0.573 e. The molecule has 16 rings (SSSR count). The molecule has 42 heteroatoms. The monoisotopic (exact) mass is 1880 g/mol. The lowest BCUT2D eigenvalue weighted by Gasteiger charge is -2.44. The molecule has 0 bridgehead atoms. The standard InChI is InChI=1S/C22H27ClF3N5O2.C22H27ClF3N5O.C22H27F4N5O2.C22H27F4N5O/c23-18-11-29-21(28-10-15-3-1-2-4-19(15)33-22(24,25)26)30-20(18)27-9-14-5-7-16(8-6-14)31-12-17(32)13-31;23-18-14-29-21(28-13-16-4-1-2-5-19(16)32-22(24,25)26)30-20(18)27-12-15-6-8-17(9-7-15)31-10-3-11-31;23-18-11-29-21(28-10-15-3-1-2-4-19(15)33-22(24,25)26)30-20(18)27-9-14-5-7-16(8-6-14)31-12-17(32)13-31;23-18-14-29-21(28-13-16-4-1-2-5-19(16)32-22(24,25)26)30-20(18)27-12-15-6-8-17(9-7-15)31-10-3-11-31/h1-4,11,14,16-17,32H,5-10,12-13H2,(H2,27,28,29,30);1-2,4-5,14-15,17H,3,6-13H2,(H2,27,28,29,30);1-4,11,14,16-17,32H,5-10,12-13H2,(H2,27,28,29,30);1-2,4-5,14-15,17H,3,6-13H2,(H2,27,28,29,30). The Labute approximate surface area is 753 Å². The average Bonchev–Trinajstić information content (AvgIpc) is 0.827. The van der Waals surface area contributed by atoms with E-state index in [1.54, 1.807) is 36.4 Å². The van der Waals surface area contributed by atoms with E-state index in [9.17, 15) is 71.7 Å². The predicted molar refractivity (Wildman–Crippen MR) is 464 cm³/mol. The Morgan fingerprint density at radius 1 is 0.315 bits per heavy atom. The summed E-state index contributed by atoms with van der Waals surface area (Å²) in [7, 11) is 0. The van der Waals surface area contributed by atoms with Crippen LogP contribution in [0.1, 0.15) is 138 Å². The molecular formula is C88H108Cl2F14N20O6. The third-order valence-corrected chi connectivity index (χ3v) is 25.2. The number of aliphatic hydroxyl groups excluding tert-OH is 2. The van der Waals surface area contributed by atoms with Crippen LogP contribution in [-0.2, 0) is 26.2 Å². The fraction of sp³-hybridized carbons (Fsp3) is 0.545. The van der Waals surface area contributed by atoms with E-state index >= 15 is 0 Å². The van der Waals surface area contributed by atoms with Gasteiger partial charge >= 0.3 is 25.4 Å². The number of nitrogens with one attached hydrogen (secondary N) is 8. The van der Waals surface area contributed by atoms with Crippen LogP contribution in [0.4, 0.5) is 109 Å². The maximum atomic E-state index is 14.2. The fourth-order valence-corrected chi connectivity index (χ4v) is 17.6. The van der Waals surface area contributed by atoms with Gasteiger partial charge in [-0.05, 0) is 190 Å². The molecule has 0 amide bonds. The number of aliphatic hydroxyl groups is 2. The molecule has 130 heavy (non-hydrogen) atoms. The van der Waals surface area contributed by atoms with E-state index in [1.165, 1.54) is 151 Å². The van der Waals surface area contributed by atoms with Gasteiger partial charge in [-0.15, -0.1) is 52.7 Å². The second-order valence-electron chi connectivity index (χ2n) is 33.8. The second-order valence-corrected chi connectivity index (χ2v) is 34.6. The predicted octanol–water partition coefficient (Wildman–Crippen LogP) is 18.2. The molecule has 0 atom stereocenters. The highest BCUT2D eigenvalue weighted by molar-refractivity contribution is 6.33. The minimum atomic E-state index is -4.80. The minimum Gasteiger partial charge on any atom is -0.405 e. The number of hydrogen-bond acceptors (Lipinski definition) is 26. The van der Waals surface area contributed by atoms with Gasteiger partial charge in [-0.2, -0.15) is 19.9 Å². The summed E-state index contributed by atoms with van der Waals surface area (Å²) in [6.07, 6.45) is 6.09. The molecule has 8 heterocycles. The Balaban J connectivity index is 0.000000148. The van der Waals surface area contributed by atoms with Crippen LogP contribution in [0.25, 0.3) is 0 Å². The van der Waals surface area contributed by atoms with Crippen LogP contribution in [-0.4, -0.2) is 210 Å². The van der Waals surface area contributed by atoms with E-state index in [1.807, 2.05) is 0 Å². The van der Waals surface area contributed by atoms with Crippen molar-refractivity contribution in [2.45, 2.75) is 204 Å². The fourth-order valence-electron chi connectivity index (χ4n) is 17.3. The molecular weight excluding hydrogens is 1770 g/mol. The lowest BCUT2D eigenvalue weighted by molar-refractivity contribution is -0.275. The summed E-state index contributed by atoms with van der Waals surface area (Å²) in [5.41, 5.74) is 1.22. The van der Waals surface area contributed by atoms with Crippen molar-refractivity contribution < 1.29 is 90.6 Å². The summed E-state index contributed by atoms with van der Waals surface area (Å²) in [4.78, 5) is 42.9. The summed E-state index contributed by atoms with van der Waals surface area (Å²) < 4.78 is 196. The number of benzene rings is 4. The average molecular weight is 1880 g/mol. The van der Waals surface area contributed by atoms with Crippen molar-refractivity contribution in [3.05, 3.63) is 166 Å². The zero-order valence-corrected chi connectivity index (χ0v) is 72.8. The number of alkyl halides is 12. The summed E-state index contributed by atoms with van der Waals surface area (Å²) in [5, 5.41) is 44.0. The van der Waals surface area contributed by atoms with Crippen LogP contribution in [0.3, 0.4) is 0 Å². The lowest BCUT2D eigenvalue weighted by Crippen LogP contribution is -2.56. The van der Waals surface area contributed by atoms with Crippen LogP contribution < -0.4 is 61.5 Å². The SMILES string of the molecule is FC(F)(F)Oc1ccccc1CNc1ncc(Cl)c(NCC2CCC(N3CCC3)CC2)n1.Fc1cnc(NCc2ccccc2OC(F)(F)F)nc1NCC1CCC(N2CCC2)CC1.OC1CN(C2CCC(CNc3nc(NCc4ccccc4OC(F)(F)F)ncc3Cl)CC2)C1.OC1CN(C2CCC(CNc3nc(NCc4ccccc4OC(F)(F)F)ncc3F)CC2)C1. The smallest absolute Gasteiger partial charge is 0.405 e. The van der Waals surface area contributed by atoms with E-state index in [4.69, 9.17) is 23.2 Å². The molecule has 26 nitrogen and oxygen atoms in total. The molecule has 4 saturated heterocycles. The van der Waals surface area contributed by atoms with Crippen molar-refractivity contribution in [3.63, 3.8) is 0 Å². The van der Waals surface area contributed by atoms with Crippen molar-refractivity contribution in [3.8, 4) is 23.0 Å². The van der Waals surface area contributed by atoms with E-state index < -0.39 is 37.1 Å². The van der Waals surface area contributed by atoms with Crippen molar-refractivity contribution in [2.75, 3.05) is 121 Å². The van der Waals surface area contributed by atoms with Gasteiger partial charge in [-0.25, -0.2) is 28.7 Å². The molecule has 8 aromatic rings. The molecule has 10 N–H and O–H groups in total. The number of aromatic nitrogens is 8. The minimum absolute atomic E-state index is 0.00214. The van der Waals surface area contributed by atoms with Gasteiger partial charge in [-0.1, -0.05) is 96.0 Å². The second kappa shape index (κ2) is 46.0. The van der Waals surface area contributed by atoms with E-state index in [0.29, 0.717) is 87.7 Å². The van der Waals surface area contributed by atoms with E-state index in [0.717, 1.165) is 122 Å². The number of nitrogens with zero attached hydrogens (tertiary/aromatic N) is 12. The molecule has 0 radical (unpaired) electrons. The third-order valence-electron chi connectivity index (χ3n) is 24.6. The van der Waals surface area contributed by atoms with Crippen LogP contribution in [0.15, 0.2) is 122 Å². The van der Waals surface area contributed by atoms with Gasteiger partial charge in [-0.3, -0.25) is 9.80 Å². The molecule has 4 aromatic carbocycles. The van der Waals surface area contributed by atoms with Gasteiger partial charge < -0.3 is 81.5 Å². The van der Waals surface area contributed by atoms with E-state index in [-0.39, 0.29) is 108 Å². The molecule has 4 aliphatic carbocycles. The zero-order chi connectivity index (χ0) is 92.0. The topological polar surface area (TPSA) is 290 Å². The molecule has 0 spiro atoms. The largest absolute Gasteiger partial charge is 0.573 e. The first-order valence-electron chi connectivity index (χ1n) is 44.0. The van der Waals surface area contributed by atoms with Gasteiger partial charge in [0.15, 0.2) is 23.3 Å². The third kappa shape index (κ3) is 30.6. The van der Waals surface area contributed by atoms with E-state index in [2.05, 4.69) is 121 Å². The molecule has 8 aliphatic rings. The van der Waals surface area contributed by atoms with Crippen molar-refractivity contribution in [1.82, 2.24) is 59.5 Å². The number of hydrogen-bond donors (Lipinski definition) is 10. The first-order chi connectivity index (χ1) is 62.3. The maximum absolute atomic E-state index is 14.2. The van der Waals surface area contributed by atoms with Gasteiger partial charge in [0.1, 0.15) is 44.7 Å². The summed E-state index contributed by atoms with van der Waals surface area (Å²) in [5.74, 6) is 1.53. The van der Waals surface area contributed by atoms with Gasteiger partial charge in [0.25, 0.3) is 0 Å². The van der Waals surface area contributed by atoms with Gasteiger partial charge in [0.2, 0.25) is 23.8 Å². The molecule has 4 aromatic heterocycles. The number of ether oxygens (including phenoxy) is 4. The highest BCUT2D eigenvalue weighted by Gasteiger charge is 2.39. The Kier molecular flexibility index (Phi) is 34.6. The summed E-state index contributed by atoms with van der Waals surface area (Å²) in [6.45, 7) is 10.8. The van der Waals surface area contributed by atoms with Crippen molar-refractivity contribution >= 4 is 70.3 Å². The molecule has 0 unspecified atom stereocenters. The molecule has 8 fully saturated rings. The first kappa shape index (κ1) is 97.7. The summed E-state index contributed by atoms with van der Waals surface area (Å²) >= 11 is 12.5. The van der Waals surface area contributed by atoms with Gasteiger partial charge in [0, 0.05) is 125 Å². The summed E-state index contributed by atoms with van der Waals surface area (Å²) in [6, 6.07) is 26.0. The highest BCUT2D eigenvalue weighted by Crippen LogP contribution is 2.39. The number of anilines is 8. The molecule has 708 valence electrons. The van der Waals surface area contributed by atoms with Gasteiger partial charge in [0.05, 0.1) is 37.0 Å². The number of para-hydroxylation sites is 4. The lowest BCUT2D eigenvalue weighted by atomic mass is 9.84. The highest BCUT2D eigenvalue weighted by atomic mass is 35.5. The van der Waals surface area contributed by atoms with Crippen molar-refractivity contribution in [2.24, 2.45) is 23.7 Å². The Bertz CT molecular complexity index is 4560. The zero-order valence-electron chi connectivity index (χ0n) is 71.3. The first-order valence-corrected chi connectivity index (χ1v) is 44.7. The van der Waals surface area contributed by atoms with Crippen LogP contribution in [0.2, 0.25) is 10.0 Å². The Morgan fingerprint density at radius 3 is 0.785 bits per heavy atom. The normalized spacial score (nSPS) is 21.8. The van der Waals surface area contributed by atoms with Crippen LogP contribution in [0, 0.1) is 35.3 Å². The Morgan fingerprint density at radius 2 is 0.546 bits per heavy atom. The number of halogens is 16. The molecule has 4 aliphatic heterocycles. The van der Waals surface area contributed by atoms with Crippen LogP contribution in [0.5, 0.6) is 23.0 Å². The number of rotatable bonds is 32.